The molecule has 1 aliphatic rings. The van der Waals surface area contributed by atoms with Crippen LogP contribution in [0.5, 0.6) is 0 Å². The fourth-order valence-corrected chi connectivity index (χ4v) is 4.79. The molecule has 0 bridgehead atoms. The average Bonchev–Trinajstić information content (AvgIpc) is 3.17. The van der Waals surface area contributed by atoms with Crippen molar-refractivity contribution in [1.82, 2.24) is 20.5 Å². The van der Waals surface area contributed by atoms with E-state index >= 15 is 0 Å². The van der Waals surface area contributed by atoms with Crippen LogP contribution in [0.15, 0.2) is 35.5 Å². The van der Waals surface area contributed by atoms with Gasteiger partial charge in [0.25, 0.3) is 0 Å². The molecule has 5 nitrogen and oxygen atoms in total. The second-order valence-electron chi connectivity index (χ2n) is 7.94. The van der Waals surface area contributed by atoms with Gasteiger partial charge < -0.3 is 10.6 Å². The van der Waals surface area contributed by atoms with E-state index in [2.05, 4.69) is 63.7 Å². The van der Waals surface area contributed by atoms with Crippen LogP contribution in [0.2, 0.25) is 0 Å². The molecule has 1 fully saturated rings. The van der Waals surface area contributed by atoms with Crippen LogP contribution in [-0.2, 0) is 19.5 Å². The number of aromatic nitrogens is 1. The maximum absolute atomic E-state index is 4.42. The fraction of sp³-hybridized carbons (Fsp3) is 0.565. The predicted molar refractivity (Wildman–Crippen MR) is 124 cm³/mol. The molecule has 1 aliphatic carbocycles. The van der Waals surface area contributed by atoms with Crippen LogP contribution in [-0.4, -0.2) is 42.5 Å². The summed E-state index contributed by atoms with van der Waals surface area (Å²) in [7, 11) is 4.10. The van der Waals surface area contributed by atoms with Crippen LogP contribution >= 0.6 is 11.3 Å². The molecule has 0 aliphatic heterocycles. The second kappa shape index (κ2) is 11.3. The third kappa shape index (κ3) is 6.82. The van der Waals surface area contributed by atoms with Crippen LogP contribution < -0.4 is 10.6 Å². The topological polar surface area (TPSA) is 52.6 Å². The molecule has 29 heavy (non-hydrogen) atoms. The summed E-state index contributed by atoms with van der Waals surface area (Å²) in [6, 6.07) is 9.49. The summed E-state index contributed by atoms with van der Waals surface area (Å²) in [5.74, 6) is 0.841. The summed E-state index contributed by atoms with van der Waals surface area (Å²) in [6.45, 7) is 4.72. The zero-order valence-corrected chi connectivity index (χ0v) is 18.9. The van der Waals surface area contributed by atoms with E-state index in [9.17, 15) is 0 Å². The van der Waals surface area contributed by atoms with Crippen molar-refractivity contribution in [1.29, 1.82) is 0 Å². The number of aryl methyl sites for hydroxylation is 1. The van der Waals surface area contributed by atoms with Gasteiger partial charge in [0.15, 0.2) is 5.96 Å². The molecule has 0 radical (unpaired) electrons. The average molecular weight is 414 g/mol. The first kappa shape index (κ1) is 21.8. The summed E-state index contributed by atoms with van der Waals surface area (Å²) >= 11 is 1.76. The van der Waals surface area contributed by atoms with Gasteiger partial charge in [-0.05, 0) is 37.9 Å². The number of benzene rings is 1. The summed E-state index contributed by atoms with van der Waals surface area (Å²) in [4.78, 5) is 12.6. The first-order valence-electron chi connectivity index (χ1n) is 10.8. The molecule has 3 rings (SSSR count). The SMILES string of the molecule is CN=C(NCCc1ncc(C)s1)NCc1ccccc1CN(C)C1CCCCC1. The zero-order valence-electron chi connectivity index (χ0n) is 18.1. The van der Waals surface area contributed by atoms with Gasteiger partial charge in [-0.1, -0.05) is 43.5 Å². The Labute approximate surface area is 179 Å². The van der Waals surface area contributed by atoms with Crippen LogP contribution in [0.3, 0.4) is 0 Å². The monoisotopic (exact) mass is 413 g/mol. The van der Waals surface area contributed by atoms with Crippen LogP contribution in [0.1, 0.15) is 53.1 Å². The van der Waals surface area contributed by atoms with Gasteiger partial charge in [-0.25, -0.2) is 4.98 Å². The number of thiazole rings is 1. The molecule has 1 heterocycles. The largest absolute Gasteiger partial charge is 0.356 e. The van der Waals surface area contributed by atoms with Crippen LogP contribution in [0.4, 0.5) is 0 Å². The zero-order chi connectivity index (χ0) is 20.5. The number of hydrogen-bond acceptors (Lipinski definition) is 4. The van der Waals surface area contributed by atoms with Crippen LogP contribution in [0, 0.1) is 6.92 Å². The molecule has 1 aromatic heterocycles. The minimum atomic E-state index is 0.730. The normalized spacial score (nSPS) is 15.7. The van der Waals surface area contributed by atoms with Gasteiger partial charge in [-0.2, -0.15) is 0 Å². The lowest BCUT2D eigenvalue weighted by molar-refractivity contribution is 0.184. The lowest BCUT2D eigenvalue weighted by Gasteiger charge is -2.31. The standard InChI is InChI=1S/C23H35N5S/c1-18-15-26-22(29-18)13-14-25-23(24-2)27-16-19-9-7-8-10-20(19)17-28(3)21-11-5-4-6-12-21/h7-10,15,21H,4-6,11-14,16-17H2,1-3H3,(H2,24,25,27). The molecule has 0 atom stereocenters. The number of guanidine groups is 1. The maximum Gasteiger partial charge on any atom is 0.191 e. The van der Waals surface area contributed by atoms with Crippen molar-refractivity contribution >= 4 is 17.3 Å². The van der Waals surface area contributed by atoms with E-state index in [-0.39, 0.29) is 0 Å². The van der Waals surface area contributed by atoms with E-state index in [0.717, 1.165) is 38.1 Å². The summed E-state index contributed by atoms with van der Waals surface area (Å²) in [6.07, 6.45) is 9.69. The van der Waals surface area contributed by atoms with E-state index < -0.39 is 0 Å². The van der Waals surface area contributed by atoms with Gasteiger partial charge in [0.1, 0.15) is 0 Å². The minimum absolute atomic E-state index is 0.730. The van der Waals surface area contributed by atoms with E-state index in [0.29, 0.717) is 0 Å². The minimum Gasteiger partial charge on any atom is -0.356 e. The van der Waals surface area contributed by atoms with Crippen LogP contribution in [0.25, 0.3) is 0 Å². The number of nitrogens with one attached hydrogen (secondary N) is 2. The van der Waals surface area contributed by atoms with Gasteiger partial charge in [-0.3, -0.25) is 9.89 Å². The smallest absolute Gasteiger partial charge is 0.191 e. The van der Waals surface area contributed by atoms with Crippen molar-refractivity contribution in [2.75, 3.05) is 20.6 Å². The van der Waals surface area contributed by atoms with Gasteiger partial charge in [0, 0.05) is 50.2 Å². The lowest BCUT2D eigenvalue weighted by atomic mass is 9.94. The highest BCUT2D eigenvalue weighted by atomic mass is 32.1. The molecule has 158 valence electrons. The molecular weight excluding hydrogens is 378 g/mol. The van der Waals surface area contributed by atoms with Crippen molar-refractivity contribution < 1.29 is 0 Å². The maximum atomic E-state index is 4.42. The quantitative estimate of drug-likeness (QED) is 0.505. The molecule has 0 unspecified atom stereocenters. The first-order chi connectivity index (χ1) is 14.2. The molecular formula is C23H35N5S. The molecule has 0 spiro atoms. The predicted octanol–water partition coefficient (Wildman–Crippen LogP) is 4.12. The molecule has 1 aromatic carbocycles. The van der Waals surface area contributed by atoms with Gasteiger partial charge in [0.2, 0.25) is 0 Å². The number of aliphatic imine (C=N–C) groups is 1. The van der Waals surface area contributed by atoms with Gasteiger partial charge in [-0.15, -0.1) is 11.3 Å². The summed E-state index contributed by atoms with van der Waals surface area (Å²) in [5.41, 5.74) is 2.75. The van der Waals surface area contributed by atoms with Gasteiger partial charge in [0.05, 0.1) is 5.01 Å². The molecule has 0 saturated heterocycles. The highest BCUT2D eigenvalue weighted by molar-refractivity contribution is 7.11. The van der Waals surface area contributed by atoms with Gasteiger partial charge >= 0.3 is 0 Å². The number of nitrogens with zero attached hydrogens (tertiary/aromatic N) is 3. The number of hydrogen-bond donors (Lipinski definition) is 2. The molecule has 6 heteroatoms. The lowest BCUT2D eigenvalue weighted by Crippen LogP contribution is -2.38. The van der Waals surface area contributed by atoms with E-state index in [1.807, 2.05) is 13.2 Å². The molecule has 2 aromatic rings. The Morgan fingerprint density at radius 3 is 2.62 bits per heavy atom. The Kier molecular flexibility index (Phi) is 8.50. The molecule has 2 N–H and O–H groups in total. The van der Waals surface area contributed by atoms with Crippen molar-refractivity contribution in [3.63, 3.8) is 0 Å². The highest BCUT2D eigenvalue weighted by Crippen LogP contribution is 2.23. The molecule has 0 amide bonds. The Morgan fingerprint density at radius 1 is 1.17 bits per heavy atom. The summed E-state index contributed by atoms with van der Waals surface area (Å²) < 4.78 is 0. The Morgan fingerprint density at radius 2 is 1.93 bits per heavy atom. The van der Waals surface area contributed by atoms with Crippen molar-refractivity contribution in [3.05, 3.63) is 51.5 Å². The molecule has 1 saturated carbocycles. The van der Waals surface area contributed by atoms with Crippen molar-refractivity contribution in [3.8, 4) is 0 Å². The van der Waals surface area contributed by atoms with Crippen molar-refractivity contribution in [2.24, 2.45) is 4.99 Å². The van der Waals surface area contributed by atoms with E-state index in [1.165, 1.54) is 53.1 Å². The van der Waals surface area contributed by atoms with E-state index in [1.54, 1.807) is 11.3 Å². The summed E-state index contributed by atoms with van der Waals surface area (Å²) in [5, 5.41) is 8.05. The third-order valence-corrected chi connectivity index (χ3v) is 6.68. The van der Waals surface area contributed by atoms with E-state index in [4.69, 9.17) is 0 Å². The Bertz CT molecular complexity index is 779. The Balaban J connectivity index is 1.49. The Hall–Kier alpha value is -1.92. The number of rotatable bonds is 8. The second-order valence-corrected chi connectivity index (χ2v) is 9.26. The fourth-order valence-electron chi connectivity index (χ4n) is 4.01. The highest BCUT2D eigenvalue weighted by Gasteiger charge is 2.18. The first-order valence-corrected chi connectivity index (χ1v) is 11.6. The third-order valence-electron chi connectivity index (χ3n) is 5.71. The van der Waals surface area contributed by atoms with Crippen molar-refractivity contribution in [2.45, 2.75) is 64.6 Å².